The molecule has 0 spiro atoms. The maximum absolute atomic E-state index is 10.8. The molecule has 244 valence electrons. The molecule has 0 amide bonds. The molecular formula is C24H35NO18. The molecule has 3 aliphatic rings. The minimum Gasteiger partial charge on any atom is -0.462 e. The predicted octanol–water partition coefficient (Wildman–Crippen LogP) is -5.58. The zero-order valence-corrected chi connectivity index (χ0v) is 22.3. The van der Waals surface area contributed by atoms with Gasteiger partial charge in [-0.2, -0.15) is 0 Å². The second-order valence-electron chi connectivity index (χ2n) is 10.3. The van der Waals surface area contributed by atoms with Gasteiger partial charge in [-0.1, -0.05) is 0 Å². The lowest BCUT2D eigenvalue weighted by Gasteiger charge is -2.43. The Balaban J connectivity index is 1.36. The van der Waals surface area contributed by atoms with E-state index >= 15 is 0 Å². The van der Waals surface area contributed by atoms with Gasteiger partial charge in [0.25, 0.3) is 5.69 Å². The van der Waals surface area contributed by atoms with Crippen molar-refractivity contribution in [3.63, 3.8) is 0 Å². The van der Waals surface area contributed by atoms with Gasteiger partial charge in [0.1, 0.15) is 79.0 Å². The Hall–Kier alpha value is -2.18. The van der Waals surface area contributed by atoms with Crippen molar-refractivity contribution < 1.29 is 84.4 Å². The van der Waals surface area contributed by atoms with Crippen molar-refractivity contribution in [2.75, 3.05) is 19.8 Å². The molecule has 3 fully saturated rings. The fraction of sp³-hybridized carbons (Fsp3) is 0.750. The Bertz CT molecular complexity index is 1050. The lowest BCUT2D eigenvalue weighted by molar-refractivity contribution is -0.384. The molecule has 19 nitrogen and oxygen atoms in total. The monoisotopic (exact) mass is 625 g/mol. The SMILES string of the molecule is O=[N+]([O-])c1ccc(O[C@@H]2O[C@H](CO[C@H]3O[C@H](CO[C@H]4O[C@H](CO)[C@@H](O)[C@H](O)[C@@H]4O)[C@@H](O)[C@H](O)[C@@H]3O)[C@@H](O)[C@H](O)[C@@H]2O)cc1. The van der Waals surface area contributed by atoms with E-state index in [2.05, 4.69) is 0 Å². The Morgan fingerprint density at radius 3 is 1.44 bits per heavy atom. The van der Waals surface area contributed by atoms with Crippen LogP contribution in [0.5, 0.6) is 5.75 Å². The van der Waals surface area contributed by atoms with E-state index < -0.39 is 117 Å². The molecule has 0 aromatic heterocycles. The highest BCUT2D eigenvalue weighted by atomic mass is 16.7. The average Bonchev–Trinajstić information content (AvgIpc) is 2.99. The van der Waals surface area contributed by atoms with Crippen LogP contribution >= 0.6 is 0 Å². The molecular weight excluding hydrogens is 590 g/mol. The summed E-state index contributed by atoms with van der Waals surface area (Å²) in [4.78, 5) is 10.2. The molecule has 1 aromatic carbocycles. The van der Waals surface area contributed by atoms with E-state index in [-0.39, 0.29) is 11.4 Å². The third-order valence-electron chi connectivity index (χ3n) is 7.33. The van der Waals surface area contributed by atoms with Crippen LogP contribution in [0, 0.1) is 10.1 Å². The molecule has 0 aliphatic carbocycles. The minimum atomic E-state index is -1.84. The van der Waals surface area contributed by atoms with Crippen molar-refractivity contribution in [3.8, 4) is 5.75 Å². The van der Waals surface area contributed by atoms with Gasteiger partial charge < -0.3 is 79.5 Å². The first-order chi connectivity index (χ1) is 20.3. The molecule has 19 heteroatoms. The Morgan fingerprint density at radius 1 is 0.605 bits per heavy atom. The second kappa shape index (κ2) is 14.3. The van der Waals surface area contributed by atoms with Crippen LogP contribution in [0.1, 0.15) is 0 Å². The summed E-state index contributed by atoms with van der Waals surface area (Å²) in [5.74, 6) is 0.0308. The highest BCUT2D eigenvalue weighted by Gasteiger charge is 2.49. The quantitative estimate of drug-likeness (QED) is 0.0856. The molecule has 15 atom stereocenters. The molecule has 0 unspecified atom stereocenters. The highest BCUT2D eigenvalue weighted by molar-refractivity contribution is 5.36. The van der Waals surface area contributed by atoms with E-state index in [1.54, 1.807) is 0 Å². The van der Waals surface area contributed by atoms with Gasteiger partial charge in [0.2, 0.25) is 6.29 Å². The average molecular weight is 626 g/mol. The van der Waals surface area contributed by atoms with E-state index in [0.29, 0.717) is 0 Å². The van der Waals surface area contributed by atoms with Crippen LogP contribution in [-0.4, -0.2) is 168 Å². The Labute approximate surface area is 242 Å². The van der Waals surface area contributed by atoms with Gasteiger partial charge in [0.15, 0.2) is 12.6 Å². The van der Waals surface area contributed by atoms with E-state index in [1.165, 1.54) is 12.1 Å². The number of hydrogen-bond acceptors (Lipinski definition) is 18. The normalized spacial score (nSPS) is 43.7. The second-order valence-corrected chi connectivity index (χ2v) is 10.3. The first-order valence-electron chi connectivity index (χ1n) is 13.2. The lowest BCUT2D eigenvalue weighted by Crippen LogP contribution is -2.63. The summed E-state index contributed by atoms with van der Waals surface area (Å²) in [6, 6.07) is 4.72. The van der Waals surface area contributed by atoms with Crippen molar-refractivity contribution in [2.45, 2.75) is 92.1 Å². The van der Waals surface area contributed by atoms with Crippen LogP contribution in [-0.2, 0) is 23.7 Å². The van der Waals surface area contributed by atoms with Gasteiger partial charge in [-0.15, -0.1) is 0 Å². The number of benzene rings is 1. The van der Waals surface area contributed by atoms with Crippen LogP contribution < -0.4 is 4.74 Å². The summed E-state index contributed by atoms with van der Waals surface area (Å²) in [6.45, 7) is -1.93. The van der Waals surface area contributed by atoms with Crippen LogP contribution in [0.3, 0.4) is 0 Å². The summed E-state index contributed by atoms with van der Waals surface area (Å²) in [5.41, 5.74) is -0.227. The highest BCUT2D eigenvalue weighted by Crippen LogP contribution is 2.29. The van der Waals surface area contributed by atoms with Crippen LogP contribution in [0.25, 0.3) is 0 Å². The zero-order chi connectivity index (χ0) is 31.6. The van der Waals surface area contributed by atoms with Crippen molar-refractivity contribution >= 4 is 5.69 Å². The van der Waals surface area contributed by atoms with E-state index in [0.717, 1.165) is 12.1 Å². The number of nitrogens with zero attached hydrogens (tertiary/aromatic N) is 1. The van der Waals surface area contributed by atoms with Gasteiger partial charge in [-0.05, 0) is 12.1 Å². The molecule has 43 heavy (non-hydrogen) atoms. The number of nitro groups is 1. The van der Waals surface area contributed by atoms with E-state index in [9.17, 15) is 61.2 Å². The summed E-state index contributed by atoms with van der Waals surface area (Å²) in [7, 11) is 0. The van der Waals surface area contributed by atoms with Crippen LogP contribution in [0.15, 0.2) is 24.3 Å². The summed E-state index contributed by atoms with van der Waals surface area (Å²) in [5, 5.41) is 112. The number of non-ortho nitro benzene ring substituents is 1. The lowest BCUT2D eigenvalue weighted by atomic mass is 9.98. The maximum Gasteiger partial charge on any atom is 0.269 e. The zero-order valence-electron chi connectivity index (χ0n) is 22.3. The molecule has 10 N–H and O–H groups in total. The number of aliphatic hydroxyl groups is 10. The van der Waals surface area contributed by atoms with Gasteiger partial charge in [-0.3, -0.25) is 10.1 Å². The molecule has 3 heterocycles. The molecule has 0 saturated carbocycles. The summed E-state index contributed by atoms with van der Waals surface area (Å²) >= 11 is 0. The topological polar surface area (TPSA) is 301 Å². The fourth-order valence-electron chi connectivity index (χ4n) is 4.71. The number of aliphatic hydroxyl groups excluding tert-OH is 10. The predicted molar refractivity (Wildman–Crippen MR) is 133 cm³/mol. The van der Waals surface area contributed by atoms with Crippen molar-refractivity contribution in [3.05, 3.63) is 34.4 Å². The smallest absolute Gasteiger partial charge is 0.269 e. The third kappa shape index (κ3) is 7.39. The minimum absolute atomic E-state index is 0.0308. The van der Waals surface area contributed by atoms with Gasteiger partial charge in [0.05, 0.1) is 24.7 Å². The van der Waals surface area contributed by atoms with Crippen LogP contribution in [0.2, 0.25) is 0 Å². The van der Waals surface area contributed by atoms with Gasteiger partial charge >= 0.3 is 0 Å². The molecule has 3 aliphatic heterocycles. The largest absolute Gasteiger partial charge is 0.462 e. The number of ether oxygens (including phenoxy) is 6. The van der Waals surface area contributed by atoms with Crippen LogP contribution in [0.4, 0.5) is 5.69 Å². The van der Waals surface area contributed by atoms with E-state index in [1.807, 2.05) is 0 Å². The molecule has 0 radical (unpaired) electrons. The first-order valence-corrected chi connectivity index (χ1v) is 13.2. The number of rotatable bonds is 10. The van der Waals surface area contributed by atoms with Gasteiger partial charge in [0, 0.05) is 12.1 Å². The van der Waals surface area contributed by atoms with Crippen molar-refractivity contribution in [2.24, 2.45) is 0 Å². The summed E-state index contributed by atoms with van der Waals surface area (Å²) in [6.07, 6.45) is -24.7. The first kappa shape index (κ1) is 33.7. The van der Waals surface area contributed by atoms with Gasteiger partial charge in [-0.25, -0.2) is 0 Å². The molecule has 0 bridgehead atoms. The van der Waals surface area contributed by atoms with Crippen molar-refractivity contribution in [1.82, 2.24) is 0 Å². The molecule has 3 saturated heterocycles. The number of nitro benzene ring substituents is 1. The van der Waals surface area contributed by atoms with E-state index in [4.69, 9.17) is 28.4 Å². The van der Waals surface area contributed by atoms with Crippen molar-refractivity contribution in [1.29, 1.82) is 0 Å². The Morgan fingerprint density at radius 2 is 1.00 bits per heavy atom. The third-order valence-corrected chi connectivity index (χ3v) is 7.33. The molecule has 4 rings (SSSR count). The maximum atomic E-state index is 10.8. The summed E-state index contributed by atoms with van der Waals surface area (Å²) < 4.78 is 32.5. The molecule has 1 aromatic rings. The standard InChI is InChI=1S/C24H35NO18/c26-5-10-13(27)16(30)19(33)22(41-10)38-6-11-14(28)17(31)20(34)23(42-11)39-7-12-15(29)18(32)21(35)24(43-12)40-9-3-1-8(2-4-9)25(36)37/h1-4,10-24,26-35H,5-7H2/t10-,11-,12-,13-,14-,15-,16+,17+,18+,19+,20+,21+,22+,23+,24-/m1/s1. The fourth-order valence-corrected chi connectivity index (χ4v) is 4.71. The number of hydrogen-bond donors (Lipinski definition) is 10. The Kier molecular flexibility index (Phi) is 11.2.